The van der Waals surface area contributed by atoms with Gasteiger partial charge in [0.05, 0.1) is 18.5 Å². The van der Waals surface area contributed by atoms with Crippen LogP contribution in [0.3, 0.4) is 0 Å². The Bertz CT molecular complexity index is 589. The number of hydrogen-bond acceptors (Lipinski definition) is 5. The summed E-state index contributed by atoms with van der Waals surface area (Å²) >= 11 is 5.86. The van der Waals surface area contributed by atoms with Crippen LogP contribution in [0.4, 0.5) is 5.82 Å². The minimum absolute atomic E-state index is 0.178. The number of ether oxygens (including phenoxy) is 1. The SMILES string of the molecule is CCOC(=O)CCNc1nc(Cl)nc2ccccc12. The minimum atomic E-state index is -0.237. The van der Waals surface area contributed by atoms with Crippen LogP contribution < -0.4 is 5.32 Å². The Balaban J connectivity index is 2.10. The average molecular weight is 280 g/mol. The lowest BCUT2D eigenvalue weighted by Crippen LogP contribution is -2.12. The van der Waals surface area contributed by atoms with E-state index in [-0.39, 0.29) is 17.7 Å². The Kier molecular flexibility index (Phi) is 4.52. The number of carbonyl (C=O) groups is 1. The van der Waals surface area contributed by atoms with Gasteiger partial charge in [0.25, 0.3) is 0 Å². The van der Waals surface area contributed by atoms with Crippen LogP contribution in [0.2, 0.25) is 5.28 Å². The summed E-state index contributed by atoms with van der Waals surface area (Å²) < 4.78 is 4.85. The molecule has 19 heavy (non-hydrogen) atoms. The minimum Gasteiger partial charge on any atom is -0.466 e. The van der Waals surface area contributed by atoms with Crippen LogP contribution in [0.25, 0.3) is 10.9 Å². The van der Waals surface area contributed by atoms with E-state index in [1.165, 1.54) is 0 Å². The van der Waals surface area contributed by atoms with Crippen LogP contribution in [0.15, 0.2) is 24.3 Å². The third-order valence-corrected chi connectivity index (χ3v) is 2.67. The Morgan fingerprint density at radius 1 is 1.37 bits per heavy atom. The van der Waals surface area contributed by atoms with Crippen molar-refractivity contribution in [1.82, 2.24) is 9.97 Å². The van der Waals surface area contributed by atoms with Crippen LogP contribution >= 0.6 is 11.6 Å². The van der Waals surface area contributed by atoms with E-state index in [0.29, 0.717) is 19.0 Å². The number of aromatic nitrogens is 2. The van der Waals surface area contributed by atoms with Crippen molar-refractivity contribution in [2.24, 2.45) is 0 Å². The van der Waals surface area contributed by atoms with E-state index < -0.39 is 0 Å². The molecule has 0 spiro atoms. The Morgan fingerprint density at radius 3 is 2.95 bits per heavy atom. The predicted molar refractivity (Wildman–Crippen MR) is 74.3 cm³/mol. The zero-order valence-corrected chi connectivity index (χ0v) is 11.3. The van der Waals surface area contributed by atoms with E-state index in [9.17, 15) is 4.79 Å². The van der Waals surface area contributed by atoms with Crippen molar-refractivity contribution in [2.45, 2.75) is 13.3 Å². The quantitative estimate of drug-likeness (QED) is 0.673. The molecule has 0 aliphatic carbocycles. The molecule has 0 atom stereocenters. The molecule has 0 aliphatic heterocycles. The van der Waals surface area contributed by atoms with Crippen molar-refractivity contribution in [2.75, 3.05) is 18.5 Å². The van der Waals surface area contributed by atoms with Crippen molar-refractivity contribution in [3.63, 3.8) is 0 Å². The number of benzene rings is 1. The van der Waals surface area contributed by atoms with E-state index in [1.807, 2.05) is 24.3 Å². The molecule has 1 N–H and O–H groups in total. The number of halogens is 1. The number of esters is 1. The molecule has 1 aromatic carbocycles. The fraction of sp³-hybridized carbons (Fsp3) is 0.308. The predicted octanol–water partition coefficient (Wildman–Crippen LogP) is 2.65. The largest absolute Gasteiger partial charge is 0.466 e. The monoisotopic (exact) mass is 279 g/mol. The molecule has 2 rings (SSSR count). The Hall–Kier alpha value is -1.88. The summed E-state index contributed by atoms with van der Waals surface area (Å²) in [4.78, 5) is 19.5. The molecule has 1 heterocycles. The van der Waals surface area contributed by atoms with E-state index in [2.05, 4.69) is 15.3 Å². The highest BCUT2D eigenvalue weighted by molar-refractivity contribution is 6.28. The van der Waals surface area contributed by atoms with E-state index in [4.69, 9.17) is 16.3 Å². The maximum absolute atomic E-state index is 11.2. The lowest BCUT2D eigenvalue weighted by atomic mass is 10.2. The first-order valence-corrected chi connectivity index (χ1v) is 6.40. The first-order valence-electron chi connectivity index (χ1n) is 6.02. The van der Waals surface area contributed by atoms with Crippen molar-refractivity contribution in [3.8, 4) is 0 Å². The van der Waals surface area contributed by atoms with Gasteiger partial charge >= 0.3 is 5.97 Å². The van der Waals surface area contributed by atoms with Gasteiger partial charge in [-0.15, -0.1) is 0 Å². The second-order valence-corrected chi connectivity index (χ2v) is 4.18. The van der Waals surface area contributed by atoms with E-state index in [0.717, 1.165) is 10.9 Å². The summed E-state index contributed by atoms with van der Waals surface area (Å²) in [6.07, 6.45) is 0.282. The van der Waals surface area contributed by atoms with Crippen molar-refractivity contribution >= 4 is 34.3 Å². The smallest absolute Gasteiger partial charge is 0.307 e. The zero-order valence-electron chi connectivity index (χ0n) is 10.5. The van der Waals surface area contributed by atoms with Crippen LogP contribution in [0, 0.1) is 0 Å². The summed E-state index contributed by atoms with van der Waals surface area (Å²) in [6.45, 7) is 2.61. The highest BCUT2D eigenvalue weighted by Gasteiger charge is 2.07. The molecule has 0 fully saturated rings. The lowest BCUT2D eigenvalue weighted by Gasteiger charge is -2.08. The molecule has 100 valence electrons. The number of fused-ring (bicyclic) bond motifs is 1. The summed E-state index contributed by atoms with van der Waals surface area (Å²) in [6, 6.07) is 7.54. The molecule has 0 aliphatic rings. The second kappa shape index (κ2) is 6.33. The lowest BCUT2D eigenvalue weighted by molar-refractivity contribution is -0.142. The van der Waals surface area contributed by atoms with Gasteiger partial charge in [-0.1, -0.05) is 12.1 Å². The average Bonchev–Trinajstić information content (AvgIpc) is 2.38. The van der Waals surface area contributed by atoms with E-state index in [1.54, 1.807) is 6.92 Å². The topological polar surface area (TPSA) is 64.1 Å². The zero-order chi connectivity index (χ0) is 13.7. The highest BCUT2D eigenvalue weighted by Crippen LogP contribution is 2.21. The van der Waals surface area contributed by atoms with Gasteiger partial charge in [-0.2, -0.15) is 0 Å². The fourth-order valence-electron chi connectivity index (χ4n) is 1.70. The van der Waals surface area contributed by atoms with Gasteiger partial charge in [0.15, 0.2) is 0 Å². The molecular formula is C13H14ClN3O2. The molecule has 1 aromatic heterocycles. The summed E-state index contributed by atoms with van der Waals surface area (Å²) in [5.41, 5.74) is 0.765. The fourth-order valence-corrected chi connectivity index (χ4v) is 1.87. The van der Waals surface area contributed by atoms with Gasteiger partial charge in [-0.25, -0.2) is 9.97 Å². The molecule has 0 saturated carbocycles. The number of nitrogens with one attached hydrogen (secondary N) is 1. The normalized spacial score (nSPS) is 10.4. The summed E-state index contributed by atoms with van der Waals surface area (Å²) in [7, 11) is 0. The maximum Gasteiger partial charge on any atom is 0.307 e. The van der Waals surface area contributed by atoms with Gasteiger partial charge in [-0.05, 0) is 30.7 Å². The molecule has 0 amide bonds. The van der Waals surface area contributed by atoms with Gasteiger partial charge in [0.1, 0.15) is 5.82 Å². The number of para-hydroxylation sites is 1. The van der Waals surface area contributed by atoms with Crippen molar-refractivity contribution < 1.29 is 9.53 Å². The first-order chi connectivity index (χ1) is 9.20. The van der Waals surface area contributed by atoms with Crippen molar-refractivity contribution in [1.29, 1.82) is 0 Å². The van der Waals surface area contributed by atoms with E-state index >= 15 is 0 Å². The number of rotatable bonds is 5. The third-order valence-electron chi connectivity index (χ3n) is 2.50. The number of carbonyl (C=O) groups excluding carboxylic acids is 1. The van der Waals surface area contributed by atoms with Crippen LogP contribution in [-0.2, 0) is 9.53 Å². The summed E-state index contributed by atoms with van der Waals surface area (Å²) in [5, 5.41) is 4.13. The first kappa shape index (κ1) is 13.5. The number of hydrogen-bond donors (Lipinski definition) is 1. The van der Waals surface area contributed by atoms with Gasteiger partial charge in [-0.3, -0.25) is 4.79 Å². The molecular weight excluding hydrogens is 266 g/mol. The molecule has 0 bridgehead atoms. The molecule has 0 unspecified atom stereocenters. The van der Waals surface area contributed by atoms with Crippen LogP contribution in [-0.4, -0.2) is 29.1 Å². The Labute approximate surface area is 116 Å². The van der Waals surface area contributed by atoms with Crippen LogP contribution in [0.1, 0.15) is 13.3 Å². The molecule has 2 aromatic rings. The third kappa shape index (κ3) is 3.54. The molecule has 5 nitrogen and oxygen atoms in total. The van der Waals surface area contributed by atoms with Gasteiger partial charge in [0, 0.05) is 11.9 Å². The highest BCUT2D eigenvalue weighted by atomic mass is 35.5. The Morgan fingerprint density at radius 2 is 2.16 bits per heavy atom. The van der Waals surface area contributed by atoms with Gasteiger partial charge < -0.3 is 10.1 Å². The van der Waals surface area contributed by atoms with Crippen LogP contribution in [0.5, 0.6) is 0 Å². The molecule has 0 radical (unpaired) electrons. The second-order valence-electron chi connectivity index (χ2n) is 3.84. The van der Waals surface area contributed by atoms with Crippen molar-refractivity contribution in [3.05, 3.63) is 29.5 Å². The molecule has 6 heteroatoms. The number of anilines is 1. The number of nitrogens with zero attached hydrogens (tertiary/aromatic N) is 2. The summed E-state index contributed by atoms with van der Waals surface area (Å²) in [5.74, 6) is 0.388. The molecule has 0 saturated heterocycles. The van der Waals surface area contributed by atoms with Gasteiger partial charge in [0.2, 0.25) is 5.28 Å². The maximum atomic E-state index is 11.2. The standard InChI is InChI=1S/C13H14ClN3O2/c1-2-19-11(18)7-8-15-12-9-5-3-4-6-10(9)16-13(14)17-12/h3-6H,2,7-8H2,1H3,(H,15,16,17).